The van der Waals surface area contributed by atoms with E-state index < -0.39 is 0 Å². The monoisotopic (exact) mass is 305 g/mol. The van der Waals surface area contributed by atoms with Gasteiger partial charge in [0.05, 0.1) is 6.54 Å². The lowest BCUT2D eigenvalue weighted by molar-refractivity contribution is 0.241. The molecule has 21 heavy (non-hydrogen) atoms. The van der Waals surface area contributed by atoms with Gasteiger partial charge in [0.25, 0.3) is 0 Å². The third-order valence-electron chi connectivity index (χ3n) is 4.05. The summed E-state index contributed by atoms with van der Waals surface area (Å²) in [7, 11) is 1.99. The molecule has 0 spiro atoms. The highest BCUT2D eigenvalue weighted by molar-refractivity contribution is 6.30. The first kappa shape index (κ1) is 14.4. The number of aryl methyl sites for hydroxylation is 2. The minimum absolute atomic E-state index is 0.803. The molecule has 1 aromatic heterocycles. The minimum atomic E-state index is 0.803. The Morgan fingerprint density at radius 1 is 1.19 bits per heavy atom. The molecule has 0 radical (unpaired) electrons. The van der Waals surface area contributed by atoms with E-state index in [1.165, 1.54) is 11.3 Å². The van der Waals surface area contributed by atoms with Gasteiger partial charge in [-0.15, -0.1) is 10.2 Å². The lowest BCUT2D eigenvalue weighted by Crippen LogP contribution is -2.46. The highest BCUT2D eigenvalue weighted by Gasteiger charge is 2.19. The lowest BCUT2D eigenvalue weighted by atomic mass is 10.1. The molecule has 3 rings (SSSR count). The normalized spacial score (nSPS) is 16.4. The molecule has 0 saturated carbocycles. The Bertz CT molecular complexity index is 616. The van der Waals surface area contributed by atoms with Crippen LogP contribution >= 0.6 is 11.6 Å². The number of benzene rings is 1. The molecular formula is C15H20ClN5. The van der Waals surface area contributed by atoms with Gasteiger partial charge in [0.1, 0.15) is 12.2 Å². The van der Waals surface area contributed by atoms with Gasteiger partial charge in [-0.1, -0.05) is 17.7 Å². The third kappa shape index (κ3) is 3.19. The highest BCUT2D eigenvalue weighted by atomic mass is 35.5. The summed E-state index contributed by atoms with van der Waals surface area (Å²) in [6.07, 6.45) is 1.75. The predicted molar refractivity (Wildman–Crippen MR) is 84.7 cm³/mol. The summed E-state index contributed by atoms with van der Waals surface area (Å²) in [4.78, 5) is 4.83. The molecule has 1 aliphatic rings. The van der Waals surface area contributed by atoms with Crippen molar-refractivity contribution in [3.05, 3.63) is 40.9 Å². The van der Waals surface area contributed by atoms with Crippen molar-refractivity contribution < 1.29 is 0 Å². The number of hydrogen-bond acceptors (Lipinski definition) is 4. The van der Waals surface area contributed by atoms with E-state index in [1.807, 2.05) is 17.7 Å². The second-order valence-electron chi connectivity index (χ2n) is 5.55. The van der Waals surface area contributed by atoms with E-state index in [-0.39, 0.29) is 0 Å². The Hall–Kier alpha value is -1.59. The van der Waals surface area contributed by atoms with Gasteiger partial charge < -0.3 is 9.47 Å². The van der Waals surface area contributed by atoms with Crippen molar-refractivity contribution in [1.29, 1.82) is 0 Å². The van der Waals surface area contributed by atoms with Gasteiger partial charge in [-0.25, -0.2) is 0 Å². The Balaban J connectivity index is 1.62. The van der Waals surface area contributed by atoms with Crippen LogP contribution in [0.3, 0.4) is 0 Å². The number of aromatic nitrogens is 3. The summed E-state index contributed by atoms with van der Waals surface area (Å²) in [5.41, 5.74) is 2.53. The minimum Gasteiger partial charge on any atom is -0.369 e. The van der Waals surface area contributed by atoms with Gasteiger partial charge in [0, 0.05) is 43.9 Å². The average Bonchev–Trinajstić information content (AvgIpc) is 2.88. The molecule has 0 atom stereocenters. The smallest absolute Gasteiger partial charge is 0.146 e. The molecular weight excluding hydrogens is 286 g/mol. The van der Waals surface area contributed by atoms with Crippen LogP contribution in [0.5, 0.6) is 0 Å². The third-order valence-corrected chi connectivity index (χ3v) is 4.29. The van der Waals surface area contributed by atoms with Gasteiger partial charge in [0.2, 0.25) is 0 Å². The van der Waals surface area contributed by atoms with Crippen molar-refractivity contribution in [2.45, 2.75) is 13.5 Å². The number of halogens is 1. The van der Waals surface area contributed by atoms with E-state index in [0.29, 0.717) is 0 Å². The first-order valence-electron chi connectivity index (χ1n) is 7.20. The molecule has 1 fully saturated rings. The highest BCUT2D eigenvalue weighted by Crippen LogP contribution is 2.25. The molecule has 112 valence electrons. The maximum absolute atomic E-state index is 6.12. The number of anilines is 1. The van der Waals surface area contributed by atoms with E-state index in [1.54, 1.807) is 6.33 Å². The standard InChI is InChI=1S/C15H20ClN5/c1-12-3-4-13(16)9-14(12)21-7-5-20(6-8-21)10-15-18-17-11-19(15)2/h3-4,9,11H,5-8,10H2,1-2H3. The van der Waals surface area contributed by atoms with Crippen LogP contribution in [0.15, 0.2) is 24.5 Å². The molecule has 0 amide bonds. The van der Waals surface area contributed by atoms with Gasteiger partial charge in [0.15, 0.2) is 0 Å². The van der Waals surface area contributed by atoms with Crippen LogP contribution in [-0.4, -0.2) is 45.8 Å². The van der Waals surface area contributed by atoms with Gasteiger partial charge in [-0.05, 0) is 24.6 Å². The zero-order valence-electron chi connectivity index (χ0n) is 12.5. The van der Waals surface area contributed by atoms with Crippen LogP contribution in [0.25, 0.3) is 0 Å². The predicted octanol–water partition coefficient (Wildman–Crippen LogP) is 2.10. The SMILES string of the molecule is Cc1ccc(Cl)cc1N1CCN(Cc2nncn2C)CC1. The number of hydrogen-bond donors (Lipinski definition) is 0. The van der Waals surface area contributed by atoms with Crippen LogP contribution in [-0.2, 0) is 13.6 Å². The van der Waals surface area contributed by atoms with Crippen molar-refractivity contribution in [2.75, 3.05) is 31.1 Å². The maximum Gasteiger partial charge on any atom is 0.146 e. The average molecular weight is 306 g/mol. The molecule has 5 nitrogen and oxygen atoms in total. The van der Waals surface area contributed by atoms with Crippen LogP contribution in [0.1, 0.15) is 11.4 Å². The van der Waals surface area contributed by atoms with Gasteiger partial charge >= 0.3 is 0 Å². The van der Waals surface area contributed by atoms with Crippen molar-refractivity contribution in [2.24, 2.45) is 7.05 Å². The molecule has 1 saturated heterocycles. The summed E-state index contributed by atoms with van der Waals surface area (Å²) in [6, 6.07) is 6.10. The molecule has 2 heterocycles. The van der Waals surface area contributed by atoms with Crippen molar-refractivity contribution >= 4 is 17.3 Å². The Labute approximate surface area is 130 Å². The summed E-state index contributed by atoms with van der Waals surface area (Å²) in [6.45, 7) is 7.08. The Morgan fingerprint density at radius 3 is 2.62 bits per heavy atom. The van der Waals surface area contributed by atoms with E-state index in [2.05, 4.69) is 39.1 Å². The van der Waals surface area contributed by atoms with Crippen molar-refractivity contribution in [3.8, 4) is 0 Å². The molecule has 0 bridgehead atoms. The first-order chi connectivity index (χ1) is 10.1. The zero-order chi connectivity index (χ0) is 14.8. The number of piperazine rings is 1. The fourth-order valence-corrected chi connectivity index (χ4v) is 2.89. The summed E-state index contributed by atoms with van der Waals surface area (Å²) in [5.74, 6) is 1.02. The maximum atomic E-state index is 6.12. The quantitative estimate of drug-likeness (QED) is 0.870. The van der Waals surface area contributed by atoms with Crippen LogP contribution in [0.4, 0.5) is 5.69 Å². The topological polar surface area (TPSA) is 37.2 Å². The van der Waals surface area contributed by atoms with E-state index >= 15 is 0 Å². The Morgan fingerprint density at radius 2 is 1.95 bits per heavy atom. The number of rotatable bonds is 3. The molecule has 0 unspecified atom stereocenters. The van der Waals surface area contributed by atoms with Crippen molar-refractivity contribution in [3.63, 3.8) is 0 Å². The molecule has 0 aliphatic carbocycles. The number of nitrogens with zero attached hydrogens (tertiary/aromatic N) is 5. The zero-order valence-corrected chi connectivity index (χ0v) is 13.2. The van der Waals surface area contributed by atoms with Crippen LogP contribution < -0.4 is 4.90 Å². The fraction of sp³-hybridized carbons (Fsp3) is 0.467. The summed E-state index contributed by atoms with van der Waals surface area (Å²) >= 11 is 6.12. The largest absolute Gasteiger partial charge is 0.369 e. The lowest BCUT2D eigenvalue weighted by Gasteiger charge is -2.36. The van der Waals surface area contributed by atoms with E-state index in [4.69, 9.17) is 11.6 Å². The van der Waals surface area contributed by atoms with Crippen LogP contribution in [0, 0.1) is 6.92 Å². The second kappa shape index (κ2) is 6.03. The van der Waals surface area contributed by atoms with Gasteiger partial charge in [-0.3, -0.25) is 4.90 Å². The molecule has 6 heteroatoms. The van der Waals surface area contributed by atoms with Gasteiger partial charge in [-0.2, -0.15) is 0 Å². The van der Waals surface area contributed by atoms with E-state index in [9.17, 15) is 0 Å². The Kier molecular flexibility index (Phi) is 4.12. The summed E-state index contributed by atoms with van der Waals surface area (Å²) in [5, 5.41) is 8.89. The molecule has 2 aromatic rings. The molecule has 1 aliphatic heterocycles. The molecule has 1 aromatic carbocycles. The first-order valence-corrected chi connectivity index (χ1v) is 7.57. The van der Waals surface area contributed by atoms with Crippen LogP contribution in [0.2, 0.25) is 5.02 Å². The van der Waals surface area contributed by atoms with Crippen molar-refractivity contribution in [1.82, 2.24) is 19.7 Å². The molecule has 0 N–H and O–H groups in total. The second-order valence-corrected chi connectivity index (χ2v) is 5.99. The van der Waals surface area contributed by atoms with E-state index in [0.717, 1.165) is 43.6 Å². The fourth-order valence-electron chi connectivity index (χ4n) is 2.72. The summed E-state index contributed by atoms with van der Waals surface area (Å²) < 4.78 is 1.98.